The van der Waals surface area contributed by atoms with Crippen LogP contribution in [0, 0.1) is 11.8 Å². The minimum Gasteiger partial charge on any atom is -0.299 e. The van der Waals surface area contributed by atoms with E-state index in [1.54, 1.807) is 6.20 Å². The average Bonchev–Trinajstić information content (AvgIpc) is 2.41. The summed E-state index contributed by atoms with van der Waals surface area (Å²) in [6.07, 6.45) is 11.3. The molecule has 2 rings (SSSR count). The van der Waals surface area contributed by atoms with Crippen molar-refractivity contribution in [3.05, 3.63) is 30.1 Å². The molecule has 1 aromatic heterocycles. The van der Waals surface area contributed by atoms with Gasteiger partial charge in [-0.1, -0.05) is 25.8 Å². The third-order valence-corrected chi connectivity index (χ3v) is 4.07. The van der Waals surface area contributed by atoms with Gasteiger partial charge in [-0.2, -0.15) is 0 Å². The maximum atomic E-state index is 11.9. The SMILES string of the molecule is CCCC1CCC(=O)C(CCc2cccnc2)C1. The molecular formula is C16H23NO. The second-order valence-corrected chi connectivity index (χ2v) is 5.49. The average molecular weight is 245 g/mol. The summed E-state index contributed by atoms with van der Waals surface area (Å²) < 4.78 is 0. The van der Waals surface area contributed by atoms with E-state index in [2.05, 4.69) is 18.0 Å². The van der Waals surface area contributed by atoms with Crippen LogP contribution in [0.1, 0.15) is 51.0 Å². The Morgan fingerprint density at radius 2 is 2.28 bits per heavy atom. The van der Waals surface area contributed by atoms with Crippen LogP contribution in [-0.4, -0.2) is 10.8 Å². The lowest BCUT2D eigenvalue weighted by Gasteiger charge is -2.27. The minimum absolute atomic E-state index is 0.301. The fourth-order valence-corrected chi connectivity index (χ4v) is 3.04. The van der Waals surface area contributed by atoms with Crippen LogP contribution in [0.4, 0.5) is 0 Å². The quantitative estimate of drug-likeness (QED) is 0.789. The number of hydrogen-bond acceptors (Lipinski definition) is 2. The summed E-state index contributed by atoms with van der Waals surface area (Å²) in [5.41, 5.74) is 1.25. The Kier molecular flexibility index (Phi) is 4.91. The molecule has 2 unspecified atom stereocenters. The number of rotatable bonds is 5. The molecule has 2 atom stereocenters. The molecule has 0 aromatic carbocycles. The van der Waals surface area contributed by atoms with Crippen LogP contribution >= 0.6 is 0 Å². The molecule has 0 amide bonds. The zero-order chi connectivity index (χ0) is 12.8. The molecule has 2 nitrogen and oxygen atoms in total. The summed E-state index contributed by atoms with van der Waals surface area (Å²) in [6.45, 7) is 2.24. The zero-order valence-corrected chi connectivity index (χ0v) is 11.3. The standard InChI is InChI=1S/C16H23NO/c1-2-4-13-7-9-16(18)15(11-13)8-6-14-5-3-10-17-12-14/h3,5,10,12-13,15H,2,4,6-9,11H2,1H3. The molecule has 2 heteroatoms. The molecule has 1 aliphatic rings. The van der Waals surface area contributed by atoms with Gasteiger partial charge < -0.3 is 0 Å². The van der Waals surface area contributed by atoms with Gasteiger partial charge in [-0.3, -0.25) is 9.78 Å². The van der Waals surface area contributed by atoms with E-state index < -0.39 is 0 Å². The highest BCUT2D eigenvalue weighted by molar-refractivity contribution is 5.81. The lowest BCUT2D eigenvalue weighted by Crippen LogP contribution is -2.25. The summed E-state index contributed by atoms with van der Waals surface area (Å²) in [6, 6.07) is 4.07. The highest BCUT2D eigenvalue weighted by Gasteiger charge is 2.27. The Bertz CT molecular complexity index is 374. The summed E-state index contributed by atoms with van der Waals surface area (Å²) in [5.74, 6) is 1.58. The molecule has 0 bridgehead atoms. The van der Waals surface area contributed by atoms with Crippen molar-refractivity contribution >= 4 is 5.78 Å². The number of hydrogen-bond donors (Lipinski definition) is 0. The second-order valence-electron chi connectivity index (χ2n) is 5.49. The number of nitrogens with zero attached hydrogens (tertiary/aromatic N) is 1. The molecule has 1 fully saturated rings. The van der Waals surface area contributed by atoms with Crippen molar-refractivity contribution in [2.75, 3.05) is 0 Å². The van der Waals surface area contributed by atoms with Gasteiger partial charge in [0.25, 0.3) is 0 Å². The van der Waals surface area contributed by atoms with Crippen molar-refractivity contribution in [1.82, 2.24) is 4.98 Å². The lowest BCUT2D eigenvalue weighted by molar-refractivity contribution is -0.125. The largest absolute Gasteiger partial charge is 0.299 e. The predicted molar refractivity (Wildman–Crippen MR) is 73.3 cm³/mol. The first-order chi connectivity index (χ1) is 8.79. The highest BCUT2D eigenvalue weighted by atomic mass is 16.1. The number of aryl methyl sites for hydroxylation is 1. The molecule has 0 saturated heterocycles. The number of carbonyl (C=O) groups is 1. The van der Waals surface area contributed by atoms with E-state index in [0.717, 1.165) is 38.0 Å². The van der Waals surface area contributed by atoms with Gasteiger partial charge in [0, 0.05) is 24.7 Å². The summed E-state index contributed by atoms with van der Waals surface area (Å²) in [4.78, 5) is 16.1. The fourth-order valence-electron chi connectivity index (χ4n) is 3.04. The van der Waals surface area contributed by atoms with Crippen molar-refractivity contribution < 1.29 is 4.79 Å². The first kappa shape index (κ1) is 13.3. The monoisotopic (exact) mass is 245 g/mol. The van der Waals surface area contributed by atoms with Crippen molar-refractivity contribution in [3.8, 4) is 0 Å². The Labute approximate surface area is 110 Å². The van der Waals surface area contributed by atoms with Crippen LogP contribution in [-0.2, 0) is 11.2 Å². The van der Waals surface area contributed by atoms with Crippen LogP contribution in [0.5, 0.6) is 0 Å². The number of Topliss-reactive ketones (excluding diaryl/α,β-unsaturated/α-hetero) is 1. The van der Waals surface area contributed by atoms with Gasteiger partial charge >= 0.3 is 0 Å². The van der Waals surface area contributed by atoms with Crippen LogP contribution in [0.2, 0.25) is 0 Å². The van der Waals surface area contributed by atoms with Crippen LogP contribution < -0.4 is 0 Å². The maximum absolute atomic E-state index is 11.9. The fraction of sp³-hybridized carbons (Fsp3) is 0.625. The Morgan fingerprint density at radius 3 is 3.00 bits per heavy atom. The van der Waals surface area contributed by atoms with Crippen molar-refractivity contribution in [1.29, 1.82) is 0 Å². The van der Waals surface area contributed by atoms with Crippen LogP contribution in [0.25, 0.3) is 0 Å². The van der Waals surface area contributed by atoms with Gasteiger partial charge in [0.2, 0.25) is 0 Å². The molecule has 1 aromatic rings. The second kappa shape index (κ2) is 6.67. The van der Waals surface area contributed by atoms with Crippen LogP contribution in [0.15, 0.2) is 24.5 Å². The number of ketones is 1. The number of aromatic nitrogens is 1. The molecule has 0 aliphatic heterocycles. The van der Waals surface area contributed by atoms with Crippen molar-refractivity contribution in [2.45, 2.75) is 51.9 Å². The van der Waals surface area contributed by atoms with E-state index in [1.165, 1.54) is 18.4 Å². The molecule has 1 saturated carbocycles. The summed E-state index contributed by atoms with van der Waals surface area (Å²) in [5, 5.41) is 0. The Balaban J connectivity index is 1.85. The molecule has 0 N–H and O–H groups in total. The summed E-state index contributed by atoms with van der Waals surface area (Å²) in [7, 11) is 0. The lowest BCUT2D eigenvalue weighted by atomic mass is 9.76. The topological polar surface area (TPSA) is 30.0 Å². The van der Waals surface area contributed by atoms with Gasteiger partial charge in [0.05, 0.1) is 0 Å². The normalized spacial score (nSPS) is 24.2. The summed E-state index contributed by atoms with van der Waals surface area (Å²) >= 11 is 0. The molecule has 18 heavy (non-hydrogen) atoms. The van der Waals surface area contributed by atoms with E-state index in [-0.39, 0.29) is 0 Å². The smallest absolute Gasteiger partial charge is 0.136 e. The van der Waals surface area contributed by atoms with E-state index in [9.17, 15) is 4.79 Å². The van der Waals surface area contributed by atoms with Crippen LogP contribution in [0.3, 0.4) is 0 Å². The molecule has 0 spiro atoms. The van der Waals surface area contributed by atoms with Crippen molar-refractivity contribution in [2.24, 2.45) is 11.8 Å². The first-order valence-electron chi connectivity index (χ1n) is 7.21. The first-order valence-corrected chi connectivity index (χ1v) is 7.21. The third-order valence-electron chi connectivity index (χ3n) is 4.07. The van der Waals surface area contributed by atoms with Gasteiger partial charge in [-0.25, -0.2) is 0 Å². The van der Waals surface area contributed by atoms with Crippen molar-refractivity contribution in [3.63, 3.8) is 0 Å². The van der Waals surface area contributed by atoms with E-state index >= 15 is 0 Å². The molecule has 98 valence electrons. The predicted octanol–water partition coefficient (Wildman–Crippen LogP) is 3.80. The molecule has 1 heterocycles. The van der Waals surface area contributed by atoms with Gasteiger partial charge in [-0.15, -0.1) is 0 Å². The highest BCUT2D eigenvalue weighted by Crippen LogP contribution is 2.32. The van der Waals surface area contributed by atoms with Gasteiger partial charge in [-0.05, 0) is 43.2 Å². The number of pyridine rings is 1. The molecular weight excluding hydrogens is 222 g/mol. The Hall–Kier alpha value is -1.18. The minimum atomic E-state index is 0.301. The van der Waals surface area contributed by atoms with Gasteiger partial charge in [0.1, 0.15) is 5.78 Å². The Morgan fingerprint density at radius 1 is 1.39 bits per heavy atom. The van der Waals surface area contributed by atoms with E-state index in [0.29, 0.717) is 11.7 Å². The van der Waals surface area contributed by atoms with Gasteiger partial charge in [0.15, 0.2) is 0 Å². The number of carbonyl (C=O) groups excluding carboxylic acids is 1. The molecule has 1 aliphatic carbocycles. The van der Waals surface area contributed by atoms with E-state index in [4.69, 9.17) is 0 Å². The molecule has 0 radical (unpaired) electrons. The maximum Gasteiger partial charge on any atom is 0.136 e. The zero-order valence-electron chi connectivity index (χ0n) is 11.3. The van der Waals surface area contributed by atoms with E-state index in [1.807, 2.05) is 12.3 Å². The third kappa shape index (κ3) is 3.66.